The molecule has 0 radical (unpaired) electrons. The van der Waals surface area contributed by atoms with Gasteiger partial charge in [0.05, 0.1) is 0 Å². The highest BCUT2D eigenvalue weighted by molar-refractivity contribution is 5.29. The SMILES string of the molecule is Cc1ccccc1COc1ccc(CNCC2CCNCC2)cc1. The summed E-state index contributed by atoms with van der Waals surface area (Å²) >= 11 is 0. The van der Waals surface area contributed by atoms with Crippen molar-refractivity contribution < 1.29 is 4.74 Å². The van der Waals surface area contributed by atoms with Gasteiger partial charge in [0.25, 0.3) is 0 Å². The molecule has 1 heterocycles. The normalized spacial score (nSPS) is 15.4. The Morgan fingerprint density at radius 1 is 1.04 bits per heavy atom. The number of rotatable bonds is 7. The molecule has 1 aliphatic rings. The van der Waals surface area contributed by atoms with Crippen LogP contribution in [0.25, 0.3) is 0 Å². The number of ether oxygens (including phenoxy) is 1. The van der Waals surface area contributed by atoms with Crippen molar-refractivity contribution in [3.63, 3.8) is 0 Å². The molecule has 0 unspecified atom stereocenters. The minimum Gasteiger partial charge on any atom is -0.489 e. The minimum absolute atomic E-state index is 0.625. The molecule has 128 valence electrons. The van der Waals surface area contributed by atoms with E-state index >= 15 is 0 Å². The predicted octanol–water partition coefficient (Wildman–Crippen LogP) is 3.66. The highest BCUT2D eigenvalue weighted by Crippen LogP contribution is 2.16. The van der Waals surface area contributed by atoms with Crippen molar-refractivity contribution in [1.29, 1.82) is 0 Å². The number of piperidine rings is 1. The lowest BCUT2D eigenvalue weighted by molar-refractivity contribution is 0.305. The molecule has 3 nitrogen and oxygen atoms in total. The summed E-state index contributed by atoms with van der Waals surface area (Å²) in [4.78, 5) is 0. The minimum atomic E-state index is 0.625. The molecule has 1 aliphatic heterocycles. The maximum atomic E-state index is 5.90. The maximum Gasteiger partial charge on any atom is 0.119 e. The van der Waals surface area contributed by atoms with Crippen LogP contribution in [0.3, 0.4) is 0 Å². The standard InChI is InChI=1S/C21H28N2O/c1-17-4-2-3-5-20(17)16-24-21-8-6-18(7-9-21)14-23-15-19-10-12-22-13-11-19/h2-9,19,22-23H,10-16H2,1H3. The Labute approximate surface area is 145 Å². The zero-order valence-corrected chi connectivity index (χ0v) is 14.6. The first kappa shape index (κ1) is 17.0. The van der Waals surface area contributed by atoms with E-state index in [2.05, 4.69) is 66.1 Å². The lowest BCUT2D eigenvalue weighted by atomic mass is 9.98. The van der Waals surface area contributed by atoms with Crippen LogP contribution in [-0.4, -0.2) is 19.6 Å². The van der Waals surface area contributed by atoms with E-state index in [1.807, 2.05) is 0 Å². The Balaban J connectivity index is 1.42. The van der Waals surface area contributed by atoms with Crippen molar-refractivity contribution in [1.82, 2.24) is 10.6 Å². The quantitative estimate of drug-likeness (QED) is 0.815. The summed E-state index contributed by atoms with van der Waals surface area (Å²) in [7, 11) is 0. The van der Waals surface area contributed by atoms with Gasteiger partial charge < -0.3 is 15.4 Å². The van der Waals surface area contributed by atoms with E-state index < -0.39 is 0 Å². The molecule has 0 aliphatic carbocycles. The number of hydrogen-bond donors (Lipinski definition) is 2. The Bertz CT molecular complexity index is 618. The van der Waals surface area contributed by atoms with E-state index in [1.165, 1.54) is 42.6 Å². The Morgan fingerprint density at radius 2 is 1.79 bits per heavy atom. The molecule has 0 amide bonds. The van der Waals surface area contributed by atoms with Gasteiger partial charge in [-0.3, -0.25) is 0 Å². The van der Waals surface area contributed by atoms with Crippen LogP contribution in [0.15, 0.2) is 48.5 Å². The van der Waals surface area contributed by atoms with Crippen LogP contribution >= 0.6 is 0 Å². The van der Waals surface area contributed by atoms with Gasteiger partial charge in [0.1, 0.15) is 12.4 Å². The van der Waals surface area contributed by atoms with Gasteiger partial charge in [-0.25, -0.2) is 0 Å². The molecule has 3 rings (SSSR count). The fourth-order valence-electron chi connectivity index (χ4n) is 3.14. The van der Waals surface area contributed by atoms with Crippen molar-refractivity contribution in [2.45, 2.75) is 32.9 Å². The van der Waals surface area contributed by atoms with Gasteiger partial charge in [-0.2, -0.15) is 0 Å². The molecule has 1 fully saturated rings. The average Bonchev–Trinajstić information content (AvgIpc) is 2.63. The van der Waals surface area contributed by atoms with Gasteiger partial charge in [0, 0.05) is 6.54 Å². The Hall–Kier alpha value is -1.84. The monoisotopic (exact) mass is 324 g/mol. The first-order chi connectivity index (χ1) is 11.8. The van der Waals surface area contributed by atoms with Gasteiger partial charge in [0.15, 0.2) is 0 Å². The van der Waals surface area contributed by atoms with Crippen LogP contribution in [-0.2, 0) is 13.2 Å². The van der Waals surface area contributed by atoms with Gasteiger partial charge in [-0.05, 0) is 74.1 Å². The van der Waals surface area contributed by atoms with Gasteiger partial charge >= 0.3 is 0 Å². The summed E-state index contributed by atoms with van der Waals surface area (Å²) < 4.78 is 5.90. The molecule has 0 aromatic heterocycles. The second-order valence-electron chi connectivity index (χ2n) is 6.68. The van der Waals surface area contributed by atoms with Crippen molar-refractivity contribution in [3.8, 4) is 5.75 Å². The lowest BCUT2D eigenvalue weighted by Gasteiger charge is -2.22. The summed E-state index contributed by atoms with van der Waals surface area (Å²) in [6, 6.07) is 16.8. The van der Waals surface area contributed by atoms with Crippen molar-refractivity contribution in [3.05, 3.63) is 65.2 Å². The molecule has 2 aromatic rings. The second kappa shape index (κ2) is 8.86. The van der Waals surface area contributed by atoms with Crippen LogP contribution in [0.4, 0.5) is 0 Å². The molecule has 1 saturated heterocycles. The average molecular weight is 324 g/mol. The first-order valence-corrected chi connectivity index (χ1v) is 8.99. The van der Waals surface area contributed by atoms with E-state index in [9.17, 15) is 0 Å². The van der Waals surface area contributed by atoms with Crippen molar-refractivity contribution in [2.75, 3.05) is 19.6 Å². The third-order valence-corrected chi connectivity index (χ3v) is 4.80. The van der Waals surface area contributed by atoms with Gasteiger partial charge in [0.2, 0.25) is 0 Å². The fourth-order valence-corrected chi connectivity index (χ4v) is 3.14. The Kier molecular flexibility index (Phi) is 6.27. The highest BCUT2D eigenvalue weighted by Gasteiger charge is 2.11. The van der Waals surface area contributed by atoms with Crippen LogP contribution in [0.5, 0.6) is 5.75 Å². The zero-order chi connectivity index (χ0) is 16.6. The maximum absolute atomic E-state index is 5.90. The molecule has 0 atom stereocenters. The fraction of sp³-hybridized carbons (Fsp3) is 0.429. The van der Waals surface area contributed by atoms with Gasteiger partial charge in [-0.15, -0.1) is 0 Å². The summed E-state index contributed by atoms with van der Waals surface area (Å²) in [5.41, 5.74) is 3.83. The predicted molar refractivity (Wildman–Crippen MR) is 99.3 cm³/mol. The first-order valence-electron chi connectivity index (χ1n) is 8.99. The summed E-state index contributed by atoms with van der Waals surface area (Å²) in [6.45, 7) is 7.13. The van der Waals surface area contributed by atoms with Crippen LogP contribution in [0.2, 0.25) is 0 Å². The van der Waals surface area contributed by atoms with Gasteiger partial charge in [-0.1, -0.05) is 36.4 Å². The van der Waals surface area contributed by atoms with Crippen LogP contribution < -0.4 is 15.4 Å². The smallest absolute Gasteiger partial charge is 0.119 e. The summed E-state index contributed by atoms with van der Waals surface area (Å²) in [5.74, 6) is 1.75. The molecule has 0 bridgehead atoms. The summed E-state index contributed by atoms with van der Waals surface area (Å²) in [5, 5.41) is 7.00. The molecule has 0 spiro atoms. The van der Waals surface area contributed by atoms with Crippen LogP contribution in [0.1, 0.15) is 29.5 Å². The molecule has 0 saturated carbocycles. The van der Waals surface area contributed by atoms with E-state index in [0.29, 0.717) is 6.61 Å². The topological polar surface area (TPSA) is 33.3 Å². The highest BCUT2D eigenvalue weighted by atomic mass is 16.5. The Morgan fingerprint density at radius 3 is 2.54 bits per heavy atom. The third-order valence-electron chi connectivity index (χ3n) is 4.80. The van der Waals surface area contributed by atoms with Crippen LogP contribution in [0, 0.1) is 12.8 Å². The third kappa shape index (κ3) is 5.08. The summed E-state index contributed by atoms with van der Waals surface area (Å²) in [6.07, 6.45) is 2.58. The lowest BCUT2D eigenvalue weighted by Crippen LogP contribution is -2.33. The zero-order valence-electron chi connectivity index (χ0n) is 14.6. The molecule has 2 aromatic carbocycles. The largest absolute Gasteiger partial charge is 0.489 e. The molecular weight excluding hydrogens is 296 g/mol. The number of benzene rings is 2. The molecular formula is C21H28N2O. The molecule has 24 heavy (non-hydrogen) atoms. The van der Waals surface area contributed by atoms with Crippen molar-refractivity contribution in [2.24, 2.45) is 5.92 Å². The van der Waals surface area contributed by atoms with E-state index in [-0.39, 0.29) is 0 Å². The van der Waals surface area contributed by atoms with E-state index in [0.717, 1.165) is 24.8 Å². The number of aryl methyl sites for hydroxylation is 1. The van der Waals surface area contributed by atoms with Crippen molar-refractivity contribution >= 4 is 0 Å². The van der Waals surface area contributed by atoms with E-state index in [1.54, 1.807) is 0 Å². The second-order valence-corrected chi connectivity index (χ2v) is 6.68. The molecule has 3 heteroatoms. The van der Waals surface area contributed by atoms with E-state index in [4.69, 9.17) is 4.74 Å². The number of nitrogens with one attached hydrogen (secondary N) is 2. The molecule has 2 N–H and O–H groups in total. The number of hydrogen-bond acceptors (Lipinski definition) is 3.